The van der Waals surface area contributed by atoms with Gasteiger partial charge >= 0.3 is 0 Å². The maximum Gasteiger partial charge on any atom is 0.228 e. The van der Waals surface area contributed by atoms with Crippen LogP contribution in [-0.2, 0) is 16.0 Å². The summed E-state index contributed by atoms with van der Waals surface area (Å²) in [4.78, 5) is 24.1. The van der Waals surface area contributed by atoms with Crippen molar-refractivity contribution in [3.05, 3.63) is 62.7 Å². The van der Waals surface area contributed by atoms with E-state index < -0.39 is 17.8 Å². The molecular weight excluding hydrogens is 429 g/mol. The van der Waals surface area contributed by atoms with Gasteiger partial charge in [-0.3, -0.25) is 4.79 Å². The van der Waals surface area contributed by atoms with Crippen LogP contribution in [0.4, 0.5) is 5.69 Å². The Morgan fingerprint density at radius 3 is 2.16 bits per heavy atom. The number of rotatable bonds is 6. The summed E-state index contributed by atoms with van der Waals surface area (Å²) in [6.07, 6.45) is 0.355. The number of carboxylic acids is 1. The highest BCUT2D eigenvalue weighted by Crippen LogP contribution is 2.22. The van der Waals surface area contributed by atoms with Crippen LogP contribution in [0.5, 0.6) is 0 Å². The van der Waals surface area contributed by atoms with E-state index in [1.165, 1.54) is 6.92 Å². The second kappa shape index (κ2) is 8.47. The number of carboxylic acid groups (broad SMARTS) is 1. The van der Waals surface area contributed by atoms with E-state index in [9.17, 15) is 14.7 Å². The van der Waals surface area contributed by atoms with Crippen molar-refractivity contribution in [2.24, 2.45) is 11.8 Å². The summed E-state index contributed by atoms with van der Waals surface area (Å²) in [6.45, 7) is 5.49. The number of nitrogens with one attached hydrogen (secondary N) is 1. The van der Waals surface area contributed by atoms with Crippen LogP contribution in [0, 0.1) is 29.3 Å². The third-order valence-electron chi connectivity index (χ3n) is 4.16. The van der Waals surface area contributed by atoms with Gasteiger partial charge in [-0.05, 0) is 72.7 Å². The number of anilines is 1. The number of benzene rings is 2. The van der Waals surface area contributed by atoms with E-state index in [-0.39, 0.29) is 5.91 Å². The zero-order valence-electron chi connectivity index (χ0n) is 14.5. The minimum atomic E-state index is -1.22. The summed E-state index contributed by atoms with van der Waals surface area (Å²) in [7, 11) is 0. The molecule has 0 spiro atoms. The molecule has 0 aliphatic carbocycles. The normalized spacial score (nSPS) is 13.1. The Hall–Kier alpha value is -1.89. The molecule has 0 saturated carbocycles. The zero-order chi connectivity index (χ0) is 18.6. The highest BCUT2D eigenvalue weighted by molar-refractivity contribution is 14.1. The average molecular weight is 450 g/mol. The van der Waals surface area contributed by atoms with Crippen LogP contribution in [0.2, 0.25) is 0 Å². The summed E-state index contributed by atoms with van der Waals surface area (Å²) < 4.78 is 1.06. The fraction of sp³-hybridized carbons (Fsp3) is 0.300. The van der Waals surface area contributed by atoms with Gasteiger partial charge in [0.2, 0.25) is 5.91 Å². The molecule has 1 amide bonds. The molecular formula is C20H21INO3-. The molecule has 0 saturated heterocycles. The molecule has 0 aromatic heterocycles. The first kappa shape index (κ1) is 19.4. The summed E-state index contributed by atoms with van der Waals surface area (Å²) >= 11 is 2.19. The molecule has 0 bridgehead atoms. The second-order valence-electron chi connectivity index (χ2n) is 6.41. The molecule has 0 aliphatic rings. The lowest BCUT2D eigenvalue weighted by atomic mass is 9.86. The van der Waals surface area contributed by atoms with Crippen LogP contribution in [-0.4, -0.2) is 11.9 Å². The highest BCUT2D eigenvalue weighted by Gasteiger charge is 2.26. The van der Waals surface area contributed by atoms with E-state index >= 15 is 0 Å². The largest absolute Gasteiger partial charge is 0.550 e. The summed E-state index contributed by atoms with van der Waals surface area (Å²) in [5, 5.41) is 14.2. The van der Waals surface area contributed by atoms with E-state index in [0.29, 0.717) is 12.1 Å². The van der Waals surface area contributed by atoms with Gasteiger partial charge in [-0.2, -0.15) is 0 Å². The van der Waals surface area contributed by atoms with Crippen molar-refractivity contribution in [3.8, 4) is 0 Å². The number of hydrogen-bond donors (Lipinski definition) is 1. The first-order chi connectivity index (χ1) is 11.8. The van der Waals surface area contributed by atoms with Gasteiger partial charge in [0.25, 0.3) is 0 Å². The standard InChI is InChI=1S/C20H22INO3/c1-12-8-13(2)10-15(9-12)11-18(14(3)20(24)25)19(23)22-17-6-4-16(21)5-7-17/h4-10,14,18H,11H2,1-3H3,(H,22,23)(H,24,25)/p-1/t14-,18+/m1/s1. The summed E-state index contributed by atoms with van der Waals surface area (Å²) in [5.41, 5.74) is 3.79. The van der Waals surface area contributed by atoms with Crippen LogP contribution < -0.4 is 10.4 Å². The third-order valence-corrected chi connectivity index (χ3v) is 4.88. The Morgan fingerprint density at radius 2 is 1.64 bits per heavy atom. The van der Waals surface area contributed by atoms with Crippen molar-refractivity contribution < 1.29 is 14.7 Å². The van der Waals surface area contributed by atoms with Gasteiger partial charge in [0.15, 0.2) is 0 Å². The molecule has 4 nitrogen and oxygen atoms in total. The minimum Gasteiger partial charge on any atom is -0.550 e. The van der Waals surface area contributed by atoms with Gasteiger partial charge in [-0.25, -0.2) is 0 Å². The maximum absolute atomic E-state index is 12.7. The quantitative estimate of drug-likeness (QED) is 0.688. The van der Waals surface area contributed by atoms with Crippen LogP contribution in [0.3, 0.4) is 0 Å². The van der Waals surface area contributed by atoms with Crippen LogP contribution in [0.1, 0.15) is 23.6 Å². The Kier molecular flexibility index (Phi) is 6.58. The summed E-state index contributed by atoms with van der Waals surface area (Å²) in [5.74, 6) is -3.11. The molecule has 1 N–H and O–H groups in total. The molecule has 5 heteroatoms. The summed E-state index contributed by atoms with van der Waals surface area (Å²) in [6, 6.07) is 13.4. The number of hydrogen-bond acceptors (Lipinski definition) is 3. The predicted octanol–water partition coefficient (Wildman–Crippen LogP) is 3.09. The van der Waals surface area contributed by atoms with E-state index in [4.69, 9.17) is 0 Å². The average Bonchev–Trinajstić information content (AvgIpc) is 2.53. The molecule has 2 aromatic carbocycles. The number of halogens is 1. The Bertz CT molecular complexity index is 751. The van der Waals surface area contributed by atoms with Gasteiger partial charge in [0.05, 0.1) is 5.92 Å². The fourth-order valence-electron chi connectivity index (χ4n) is 2.87. The maximum atomic E-state index is 12.7. The van der Waals surface area contributed by atoms with Crippen molar-refractivity contribution in [3.63, 3.8) is 0 Å². The van der Waals surface area contributed by atoms with Gasteiger partial charge in [0, 0.05) is 21.1 Å². The van der Waals surface area contributed by atoms with Gasteiger partial charge in [0.1, 0.15) is 0 Å². The van der Waals surface area contributed by atoms with Gasteiger partial charge in [-0.15, -0.1) is 0 Å². The molecule has 0 heterocycles. The smallest absolute Gasteiger partial charge is 0.228 e. The van der Waals surface area contributed by atoms with E-state index in [2.05, 4.69) is 27.9 Å². The minimum absolute atomic E-state index is 0.308. The highest BCUT2D eigenvalue weighted by atomic mass is 127. The first-order valence-corrected chi connectivity index (χ1v) is 9.18. The number of aryl methyl sites for hydroxylation is 2. The molecule has 0 radical (unpaired) electrons. The number of amides is 1. The molecule has 0 fully saturated rings. The Balaban J connectivity index is 2.23. The van der Waals surface area contributed by atoms with E-state index in [0.717, 1.165) is 20.3 Å². The lowest BCUT2D eigenvalue weighted by Gasteiger charge is -2.24. The molecule has 0 unspecified atom stereocenters. The van der Waals surface area contributed by atoms with Gasteiger partial charge < -0.3 is 15.2 Å². The van der Waals surface area contributed by atoms with Crippen LogP contribution in [0.25, 0.3) is 0 Å². The lowest BCUT2D eigenvalue weighted by molar-refractivity contribution is -0.312. The number of aliphatic carboxylic acids is 1. The van der Waals surface area contributed by atoms with Crippen molar-refractivity contribution in [2.75, 3.05) is 5.32 Å². The Morgan fingerprint density at radius 1 is 1.08 bits per heavy atom. The van der Waals surface area contributed by atoms with Crippen molar-refractivity contribution >= 4 is 40.2 Å². The van der Waals surface area contributed by atoms with Crippen molar-refractivity contribution in [1.29, 1.82) is 0 Å². The van der Waals surface area contributed by atoms with Crippen LogP contribution >= 0.6 is 22.6 Å². The Labute approximate surface area is 161 Å². The molecule has 0 aliphatic heterocycles. The SMILES string of the molecule is Cc1cc(C)cc(C[C@H](C(=O)Nc2ccc(I)cc2)[C@@H](C)C(=O)[O-])c1. The van der Waals surface area contributed by atoms with E-state index in [1.807, 2.05) is 44.2 Å². The topological polar surface area (TPSA) is 69.2 Å². The number of carbonyl (C=O) groups is 2. The zero-order valence-corrected chi connectivity index (χ0v) is 16.7. The number of carbonyl (C=O) groups excluding carboxylic acids is 2. The molecule has 2 rings (SSSR count). The van der Waals surface area contributed by atoms with Gasteiger partial charge in [-0.1, -0.05) is 36.2 Å². The second-order valence-corrected chi connectivity index (χ2v) is 7.66. The molecule has 132 valence electrons. The molecule has 2 atom stereocenters. The molecule has 25 heavy (non-hydrogen) atoms. The van der Waals surface area contributed by atoms with Crippen LogP contribution in [0.15, 0.2) is 42.5 Å². The van der Waals surface area contributed by atoms with Crippen molar-refractivity contribution in [2.45, 2.75) is 27.2 Å². The predicted molar refractivity (Wildman–Crippen MR) is 105 cm³/mol. The third kappa shape index (κ3) is 5.56. The lowest BCUT2D eigenvalue weighted by Crippen LogP contribution is -2.40. The van der Waals surface area contributed by atoms with E-state index in [1.54, 1.807) is 12.1 Å². The monoisotopic (exact) mass is 450 g/mol. The molecule has 2 aromatic rings. The van der Waals surface area contributed by atoms with Crippen molar-refractivity contribution in [1.82, 2.24) is 0 Å². The first-order valence-electron chi connectivity index (χ1n) is 8.10. The fourth-order valence-corrected chi connectivity index (χ4v) is 3.23.